The Labute approximate surface area is 164 Å². The van der Waals surface area contributed by atoms with Gasteiger partial charge in [0.25, 0.3) is 5.91 Å². The molecule has 2 aromatic carbocycles. The topological polar surface area (TPSA) is 62.7 Å². The first-order valence-electron chi connectivity index (χ1n) is 9.41. The lowest BCUT2D eigenvalue weighted by Crippen LogP contribution is -2.13. The van der Waals surface area contributed by atoms with Gasteiger partial charge in [-0.1, -0.05) is 24.3 Å². The summed E-state index contributed by atoms with van der Waals surface area (Å²) in [5, 5.41) is 8.64. The quantitative estimate of drug-likeness (QED) is 0.535. The first kappa shape index (κ1) is 18.0. The second-order valence-electron chi connectivity index (χ2n) is 7.34. The summed E-state index contributed by atoms with van der Waals surface area (Å²) >= 11 is 0. The number of nitrogens with one attached hydrogen (secondary N) is 2. The average Bonchev–Trinajstić information content (AvgIpc) is 3.13. The van der Waals surface area contributed by atoms with Crippen LogP contribution < -0.4 is 5.32 Å². The van der Waals surface area contributed by atoms with Crippen molar-refractivity contribution < 1.29 is 4.79 Å². The molecule has 0 bridgehead atoms. The summed E-state index contributed by atoms with van der Waals surface area (Å²) in [6.45, 7) is 8.81. The monoisotopic (exact) mass is 372 g/mol. The largest absolute Gasteiger partial charge is 0.358 e. The lowest BCUT2D eigenvalue weighted by Gasteiger charge is -2.09. The van der Waals surface area contributed by atoms with Gasteiger partial charge in [0.15, 0.2) is 0 Å². The van der Waals surface area contributed by atoms with E-state index < -0.39 is 0 Å². The van der Waals surface area contributed by atoms with Gasteiger partial charge < -0.3 is 10.3 Å². The van der Waals surface area contributed by atoms with Gasteiger partial charge in [-0.2, -0.15) is 5.10 Å². The average molecular weight is 372 g/mol. The Morgan fingerprint density at radius 3 is 2.61 bits per heavy atom. The minimum atomic E-state index is -0.116. The molecule has 0 aliphatic heterocycles. The second kappa shape index (κ2) is 7.00. The molecule has 4 rings (SSSR count). The number of nitrogens with zero attached hydrogens (tertiary/aromatic N) is 2. The molecule has 0 aliphatic carbocycles. The van der Waals surface area contributed by atoms with Crippen molar-refractivity contribution in [3.05, 3.63) is 82.3 Å². The molecular weight excluding hydrogens is 348 g/mol. The molecule has 0 spiro atoms. The number of carbonyl (C=O) groups is 1. The van der Waals surface area contributed by atoms with E-state index >= 15 is 0 Å². The van der Waals surface area contributed by atoms with E-state index in [1.165, 1.54) is 5.56 Å². The van der Waals surface area contributed by atoms with Crippen LogP contribution in [0.3, 0.4) is 0 Å². The van der Waals surface area contributed by atoms with Gasteiger partial charge in [-0.3, -0.25) is 9.48 Å². The zero-order valence-electron chi connectivity index (χ0n) is 16.6. The third-order valence-electron chi connectivity index (χ3n) is 5.21. The maximum Gasteiger partial charge on any atom is 0.257 e. The molecule has 0 radical (unpaired) electrons. The Hall–Kier alpha value is -3.34. The van der Waals surface area contributed by atoms with Crippen LogP contribution in [0.4, 0.5) is 5.69 Å². The molecule has 2 N–H and O–H groups in total. The minimum Gasteiger partial charge on any atom is -0.358 e. The summed E-state index contributed by atoms with van der Waals surface area (Å²) in [4.78, 5) is 16.3. The maximum atomic E-state index is 12.9. The highest BCUT2D eigenvalue weighted by Crippen LogP contribution is 2.25. The van der Waals surface area contributed by atoms with Crippen molar-refractivity contribution in [3.8, 4) is 0 Å². The summed E-state index contributed by atoms with van der Waals surface area (Å²) in [6, 6.07) is 15.8. The number of benzene rings is 2. The van der Waals surface area contributed by atoms with Crippen LogP contribution in [-0.2, 0) is 6.54 Å². The molecular formula is C23H24N4O. The molecule has 0 fully saturated rings. The Kier molecular flexibility index (Phi) is 4.51. The molecule has 4 aromatic rings. The van der Waals surface area contributed by atoms with Crippen molar-refractivity contribution in [2.75, 3.05) is 5.32 Å². The lowest BCUT2D eigenvalue weighted by molar-refractivity contribution is 0.102. The molecule has 2 heterocycles. The lowest BCUT2D eigenvalue weighted by atomic mass is 10.1. The molecule has 5 nitrogen and oxygen atoms in total. The fraction of sp³-hybridized carbons (Fsp3) is 0.217. The van der Waals surface area contributed by atoms with Crippen molar-refractivity contribution in [1.29, 1.82) is 0 Å². The summed E-state index contributed by atoms with van der Waals surface area (Å²) in [5.41, 5.74) is 7.79. The Morgan fingerprint density at radius 1 is 1.07 bits per heavy atom. The molecule has 0 saturated heterocycles. The van der Waals surface area contributed by atoms with Crippen LogP contribution >= 0.6 is 0 Å². The van der Waals surface area contributed by atoms with E-state index in [1.54, 1.807) is 0 Å². The van der Waals surface area contributed by atoms with Gasteiger partial charge in [-0.05, 0) is 63.1 Å². The number of aryl methyl sites for hydroxylation is 4. The zero-order chi connectivity index (χ0) is 19.8. The minimum absolute atomic E-state index is 0.116. The van der Waals surface area contributed by atoms with Crippen LogP contribution in [-0.4, -0.2) is 20.7 Å². The third kappa shape index (κ3) is 3.31. The SMILES string of the molecule is Cc1cc(C)n(Cc2cccc(NC(=O)c3cccc4c(C)c(C)[nH]c34)c2)n1. The van der Waals surface area contributed by atoms with E-state index in [0.29, 0.717) is 12.1 Å². The number of anilines is 1. The summed E-state index contributed by atoms with van der Waals surface area (Å²) < 4.78 is 1.97. The molecule has 1 amide bonds. The summed E-state index contributed by atoms with van der Waals surface area (Å²) in [7, 11) is 0. The number of para-hydroxylation sites is 1. The molecule has 142 valence electrons. The van der Waals surface area contributed by atoms with E-state index in [2.05, 4.69) is 28.4 Å². The summed E-state index contributed by atoms with van der Waals surface area (Å²) in [6.07, 6.45) is 0. The molecule has 0 atom stereocenters. The zero-order valence-corrected chi connectivity index (χ0v) is 16.6. The first-order chi connectivity index (χ1) is 13.4. The maximum absolute atomic E-state index is 12.9. The predicted octanol–water partition coefficient (Wildman–Crippen LogP) is 4.90. The smallest absolute Gasteiger partial charge is 0.257 e. The van der Waals surface area contributed by atoms with Gasteiger partial charge in [0.2, 0.25) is 0 Å². The van der Waals surface area contributed by atoms with Crippen LogP contribution in [0.25, 0.3) is 10.9 Å². The van der Waals surface area contributed by atoms with E-state index in [-0.39, 0.29) is 5.91 Å². The van der Waals surface area contributed by atoms with Crippen LogP contribution in [0.2, 0.25) is 0 Å². The Bertz CT molecular complexity index is 1180. The van der Waals surface area contributed by atoms with Gasteiger partial charge in [-0.25, -0.2) is 0 Å². The first-order valence-corrected chi connectivity index (χ1v) is 9.41. The van der Waals surface area contributed by atoms with Gasteiger partial charge >= 0.3 is 0 Å². The Morgan fingerprint density at radius 2 is 1.86 bits per heavy atom. The number of aromatic amines is 1. The van der Waals surface area contributed by atoms with Crippen LogP contribution in [0, 0.1) is 27.7 Å². The number of hydrogen-bond acceptors (Lipinski definition) is 2. The Balaban J connectivity index is 1.59. The molecule has 5 heteroatoms. The standard InChI is InChI=1S/C23H24N4O/c1-14-11-15(2)27(26-14)13-18-7-5-8-19(12-18)25-23(28)21-10-6-9-20-16(3)17(4)24-22(20)21/h5-12,24H,13H2,1-4H3,(H,25,28). The third-order valence-corrected chi connectivity index (χ3v) is 5.21. The molecule has 0 aliphatic rings. The van der Waals surface area contributed by atoms with Gasteiger partial charge in [0, 0.05) is 22.5 Å². The predicted molar refractivity (Wildman–Crippen MR) is 113 cm³/mol. The number of fused-ring (bicyclic) bond motifs is 1. The second-order valence-corrected chi connectivity index (χ2v) is 7.34. The fourth-order valence-corrected chi connectivity index (χ4v) is 3.63. The van der Waals surface area contributed by atoms with Gasteiger partial charge in [-0.15, -0.1) is 0 Å². The number of hydrogen-bond donors (Lipinski definition) is 2. The highest BCUT2D eigenvalue weighted by atomic mass is 16.1. The van der Waals surface area contributed by atoms with Crippen molar-refractivity contribution >= 4 is 22.5 Å². The molecule has 0 saturated carbocycles. The number of H-pyrrole nitrogens is 1. The number of aromatic nitrogens is 3. The van der Waals surface area contributed by atoms with Crippen molar-refractivity contribution in [2.45, 2.75) is 34.2 Å². The number of rotatable bonds is 4. The number of carbonyl (C=O) groups excluding carboxylic acids is 1. The molecule has 0 unspecified atom stereocenters. The van der Waals surface area contributed by atoms with Gasteiger partial charge in [0.1, 0.15) is 0 Å². The van der Waals surface area contributed by atoms with Gasteiger partial charge in [0.05, 0.1) is 23.3 Å². The summed E-state index contributed by atoms with van der Waals surface area (Å²) in [5.74, 6) is -0.116. The van der Waals surface area contributed by atoms with E-state index in [9.17, 15) is 4.79 Å². The highest BCUT2D eigenvalue weighted by Gasteiger charge is 2.14. The van der Waals surface area contributed by atoms with E-state index in [4.69, 9.17) is 0 Å². The van der Waals surface area contributed by atoms with Crippen LogP contribution in [0.1, 0.15) is 38.6 Å². The van der Waals surface area contributed by atoms with Crippen molar-refractivity contribution in [3.63, 3.8) is 0 Å². The number of amides is 1. The van der Waals surface area contributed by atoms with Crippen molar-refractivity contribution in [1.82, 2.24) is 14.8 Å². The normalized spacial score (nSPS) is 11.1. The molecule has 28 heavy (non-hydrogen) atoms. The van der Waals surface area contributed by atoms with E-state index in [0.717, 1.165) is 39.2 Å². The highest BCUT2D eigenvalue weighted by molar-refractivity contribution is 6.12. The van der Waals surface area contributed by atoms with Crippen LogP contribution in [0.15, 0.2) is 48.5 Å². The van der Waals surface area contributed by atoms with Crippen LogP contribution in [0.5, 0.6) is 0 Å². The molecule has 2 aromatic heterocycles. The fourth-order valence-electron chi connectivity index (χ4n) is 3.63. The van der Waals surface area contributed by atoms with E-state index in [1.807, 2.05) is 67.9 Å². The van der Waals surface area contributed by atoms with Crippen molar-refractivity contribution in [2.24, 2.45) is 0 Å².